The first-order chi connectivity index (χ1) is 13.8. The zero-order valence-corrected chi connectivity index (χ0v) is 21.5. The van der Waals surface area contributed by atoms with Gasteiger partial charge in [0, 0.05) is 5.33 Å². The lowest BCUT2D eigenvalue weighted by molar-refractivity contribution is 0.371. The van der Waals surface area contributed by atoms with E-state index >= 15 is 0 Å². The topological polar surface area (TPSA) is 0 Å². The summed E-state index contributed by atoms with van der Waals surface area (Å²) in [7, 11) is 0. The van der Waals surface area contributed by atoms with Crippen LogP contribution in [0.25, 0.3) is 0 Å². The summed E-state index contributed by atoms with van der Waals surface area (Å²) >= 11 is 3.61. The van der Waals surface area contributed by atoms with Gasteiger partial charge in [-0.2, -0.15) is 0 Å². The van der Waals surface area contributed by atoms with Crippen LogP contribution in [0.4, 0.5) is 0 Å². The molecule has 0 spiro atoms. The summed E-state index contributed by atoms with van der Waals surface area (Å²) in [6.07, 6.45) is 33.6. The van der Waals surface area contributed by atoms with Crippen LogP contribution >= 0.6 is 15.9 Å². The summed E-state index contributed by atoms with van der Waals surface area (Å²) in [5, 5.41) is 1.19. The van der Waals surface area contributed by atoms with Crippen molar-refractivity contribution in [2.45, 2.75) is 162 Å². The van der Waals surface area contributed by atoms with Crippen LogP contribution in [-0.4, -0.2) is 5.33 Å². The van der Waals surface area contributed by atoms with Gasteiger partial charge < -0.3 is 0 Å². The van der Waals surface area contributed by atoms with E-state index in [0.29, 0.717) is 0 Å². The molecule has 1 atom stereocenters. The van der Waals surface area contributed by atoms with E-state index in [4.69, 9.17) is 0 Å². The lowest BCUT2D eigenvalue weighted by atomic mass is 9.90. The predicted molar refractivity (Wildman–Crippen MR) is 135 cm³/mol. The molecular formula is C27H55Br. The normalized spacial score (nSPS) is 12.5. The second-order valence-corrected chi connectivity index (χ2v) is 10.1. The van der Waals surface area contributed by atoms with E-state index in [-0.39, 0.29) is 0 Å². The molecule has 0 N–H and O–H groups in total. The lowest BCUT2D eigenvalue weighted by Crippen LogP contribution is -2.02. The van der Waals surface area contributed by atoms with Crippen molar-refractivity contribution < 1.29 is 0 Å². The van der Waals surface area contributed by atoms with Crippen LogP contribution in [-0.2, 0) is 0 Å². The first-order valence-corrected chi connectivity index (χ1v) is 14.5. The van der Waals surface area contributed by atoms with Crippen molar-refractivity contribution >= 4 is 15.9 Å². The molecule has 1 heteroatoms. The van der Waals surface area contributed by atoms with E-state index in [0.717, 1.165) is 5.92 Å². The highest BCUT2D eigenvalue weighted by atomic mass is 79.9. The Balaban J connectivity index is 3.61. The quantitative estimate of drug-likeness (QED) is 0.0994. The van der Waals surface area contributed by atoms with Crippen LogP contribution < -0.4 is 0 Å². The van der Waals surface area contributed by atoms with Crippen molar-refractivity contribution in [2.24, 2.45) is 5.92 Å². The number of hydrogen-bond donors (Lipinski definition) is 0. The molecule has 0 heterocycles. The van der Waals surface area contributed by atoms with Gasteiger partial charge in [0.1, 0.15) is 0 Å². The Bertz CT molecular complexity index is 263. The maximum atomic E-state index is 3.61. The zero-order valence-electron chi connectivity index (χ0n) is 19.9. The highest BCUT2D eigenvalue weighted by Crippen LogP contribution is 2.24. The molecule has 0 amide bonds. The van der Waals surface area contributed by atoms with E-state index in [1.165, 1.54) is 153 Å². The summed E-state index contributed by atoms with van der Waals surface area (Å²) in [5.74, 6) is 1.02. The largest absolute Gasteiger partial charge is 0.0928 e. The Kier molecular flexibility index (Phi) is 26.0. The molecule has 1 unspecified atom stereocenters. The van der Waals surface area contributed by atoms with Crippen molar-refractivity contribution in [3.63, 3.8) is 0 Å². The van der Waals surface area contributed by atoms with Crippen LogP contribution in [0, 0.1) is 5.92 Å². The number of rotatable bonds is 24. The van der Waals surface area contributed by atoms with Gasteiger partial charge in [-0.25, -0.2) is 0 Å². The van der Waals surface area contributed by atoms with Crippen LogP contribution in [0.5, 0.6) is 0 Å². The van der Waals surface area contributed by atoms with E-state index in [1.54, 1.807) is 0 Å². The van der Waals surface area contributed by atoms with Crippen molar-refractivity contribution in [2.75, 3.05) is 5.33 Å². The minimum Gasteiger partial charge on any atom is -0.0928 e. The first-order valence-electron chi connectivity index (χ1n) is 13.4. The molecule has 0 bridgehead atoms. The molecule has 0 aromatic heterocycles. The highest BCUT2D eigenvalue weighted by Gasteiger charge is 2.08. The van der Waals surface area contributed by atoms with E-state index in [1.807, 2.05) is 0 Å². The fourth-order valence-corrected chi connectivity index (χ4v) is 4.84. The number of hydrogen-bond acceptors (Lipinski definition) is 0. The maximum absolute atomic E-state index is 3.61. The fraction of sp³-hybridized carbons (Fsp3) is 1.00. The summed E-state index contributed by atoms with van der Waals surface area (Å²) in [5.41, 5.74) is 0. The molecule has 0 aromatic carbocycles. The first kappa shape index (κ1) is 28.5. The molecule has 0 aromatic rings. The van der Waals surface area contributed by atoms with Crippen LogP contribution in [0.2, 0.25) is 0 Å². The molecule has 170 valence electrons. The van der Waals surface area contributed by atoms with Gasteiger partial charge in [0.25, 0.3) is 0 Å². The van der Waals surface area contributed by atoms with Crippen molar-refractivity contribution in [3.05, 3.63) is 0 Å². The van der Waals surface area contributed by atoms with Gasteiger partial charge in [0.05, 0.1) is 0 Å². The molecular weight excluding hydrogens is 404 g/mol. The van der Waals surface area contributed by atoms with Crippen LogP contribution in [0.1, 0.15) is 162 Å². The van der Waals surface area contributed by atoms with Gasteiger partial charge in [-0.15, -0.1) is 0 Å². The Hall–Kier alpha value is 0.480. The number of halogens is 1. The third-order valence-electron chi connectivity index (χ3n) is 6.43. The van der Waals surface area contributed by atoms with Gasteiger partial charge in [-0.3, -0.25) is 0 Å². The lowest BCUT2D eigenvalue weighted by Gasteiger charge is -2.17. The summed E-state index contributed by atoms with van der Waals surface area (Å²) in [4.78, 5) is 0. The van der Waals surface area contributed by atoms with Crippen LogP contribution in [0.3, 0.4) is 0 Å². The standard InChI is InChI=1S/C27H55Br/c1-3-5-7-9-11-13-14-16-18-20-24-27(25-21-22-26-28)23-19-17-15-12-10-8-6-4-2/h27H,3-26H2,1-2H3. The van der Waals surface area contributed by atoms with Crippen molar-refractivity contribution in [1.29, 1.82) is 0 Å². The van der Waals surface area contributed by atoms with Crippen molar-refractivity contribution in [3.8, 4) is 0 Å². The van der Waals surface area contributed by atoms with E-state index in [9.17, 15) is 0 Å². The maximum Gasteiger partial charge on any atom is 0.00313 e. The zero-order chi connectivity index (χ0) is 20.5. The molecule has 28 heavy (non-hydrogen) atoms. The minimum absolute atomic E-state index is 1.02. The van der Waals surface area contributed by atoms with Gasteiger partial charge >= 0.3 is 0 Å². The van der Waals surface area contributed by atoms with Crippen LogP contribution in [0.15, 0.2) is 0 Å². The predicted octanol–water partition coefficient (Wildman–Crippen LogP) is 11.0. The average molecular weight is 460 g/mol. The monoisotopic (exact) mass is 458 g/mol. The third-order valence-corrected chi connectivity index (χ3v) is 6.99. The fourth-order valence-electron chi connectivity index (χ4n) is 4.45. The Labute approximate surface area is 188 Å². The van der Waals surface area contributed by atoms with E-state index in [2.05, 4.69) is 29.8 Å². The van der Waals surface area contributed by atoms with Crippen molar-refractivity contribution in [1.82, 2.24) is 0 Å². The molecule has 0 aliphatic carbocycles. The molecule has 0 aliphatic heterocycles. The second kappa shape index (κ2) is 25.5. The molecule has 0 saturated heterocycles. The smallest absolute Gasteiger partial charge is 0.00313 e. The van der Waals surface area contributed by atoms with Gasteiger partial charge in [-0.05, 0) is 12.3 Å². The molecule has 0 fully saturated rings. The molecule has 0 radical (unpaired) electrons. The molecule has 0 nitrogen and oxygen atoms in total. The van der Waals surface area contributed by atoms with E-state index < -0.39 is 0 Å². The Morgan fingerprint density at radius 1 is 0.393 bits per heavy atom. The van der Waals surface area contributed by atoms with Gasteiger partial charge in [-0.1, -0.05) is 171 Å². The summed E-state index contributed by atoms with van der Waals surface area (Å²) in [6.45, 7) is 4.62. The van der Waals surface area contributed by atoms with Gasteiger partial charge in [0.2, 0.25) is 0 Å². The van der Waals surface area contributed by atoms with Gasteiger partial charge in [0.15, 0.2) is 0 Å². The molecule has 0 aliphatic rings. The average Bonchev–Trinajstić information content (AvgIpc) is 2.71. The number of alkyl halides is 1. The minimum atomic E-state index is 1.02. The second-order valence-electron chi connectivity index (χ2n) is 9.28. The number of unbranched alkanes of at least 4 members (excludes halogenated alkanes) is 17. The SMILES string of the molecule is CCCCCCCCCCCCC(CCCCBr)CCCCCCCCCC. The Morgan fingerprint density at radius 3 is 1.00 bits per heavy atom. The summed E-state index contributed by atoms with van der Waals surface area (Å²) in [6, 6.07) is 0. The molecule has 0 saturated carbocycles. The third kappa shape index (κ3) is 22.8. The molecule has 0 rings (SSSR count). The highest BCUT2D eigenvalue weighted by molar-refractivity contribution is 9.09. The Morgan fingerprint density at radius 2 is 0.679 bits per heavy atom. The summed E-state index contributed by atoms with van der Waals surface area (Å²) < 4.78 is 0.